The zero-order valence-corrected chi connectivity index (χ0v) is 14.6. The van der Waals surface area contributed by atoms with E-state index in [-0.39, 0.29) is 11.7 Å². The molecule has 0 atom stereocenters. The van der Waals surface area contributed by atoms with Crippen LogP contribution in [-0.2, 0) is 4.79 Å². The molecule has 0 aliphatic rings. The molecule has 0 fully saturated rings. The van der Waals surface area contributed by atoms with Crippen molar-refractivity contribution in [2.45, 2.75) is 13.3 Å². The second-order valence-electron chi connectivity index (χ2n) is 5.43. The lowest BCUT2D eigenvalue weighted by Gasteiger charge is -2.11. The van der Waals surface area contributed by atoms with Crippen LogP contribution in [0.5, 0.6) is 11.5 Å². The van der Waals surface area contributed by atoms with Gasteiger partial charge in [0.15, 0.2) is 17.3 Å². The van der Waals surface area contributed by atoms with Crippen LogP contribution in [0.2, 0.25) is 0 Å². The number of benzene rings is 2. The van der Waals surface area contributed by atoms with E-state index in [1.165, 1.54) is 6.92 Å². The largest absolute Gasteiger partial charge is 0.493 e. The summed E-state index contributed by atoms with van der Waals surface area (Å²) in [4.78, 5) is 23.3. The second-order valence-corrected chi connectivity index (χ2v) is 5.43. The zero-order valence-electron chi connectivity index (χ0n) is 14.6. The topological polar surface area (TPSA) is 76.7 Å². The Labute approximate surface area is 147 Å². The van der Waals surface area contributed by atoms with Crippen molar-refractivity contribution in [3.63, 3.8) is 0 Å². The summed E-state index contributed by atoms with van der Waals surface area (Å²) in [6.07, 6.45) is 0.308. The molecule has 6 nitrogen and oxygen atoms in total. The van der Waals surface area contributed by atoms with Crippen LogP contribution in [0.1, 0.15) is 23.7 Å². The van der Waals surface area contributed by atoms with Gasteiger partial charge < -0.3 is 20.1 Å². The minimum Gasteiger partial charge on any atom is -0.493 e. The average molecular weight is 342 g/mol. The van der Waals surface area contributed by atoms with Gasteiger partial charge in [-0.15, -0.1) is 0 Å². The molecule has 2 N–H and O–H groups in total. The van der Waals surface area contributed by atoms with Crippen LogP contribution >= 0.6 is 0 Å². The molecule has 6 heteroatoms. The van der Waals surface area contributed by atoms with Crippen LogP contribution in [0, 0.1) is 0 Å². The Morgan fingerprint density at radius 2 is 1.56 bits per heavy atom. The summed E-state index contributed by atoms with van der Waals surface area (Å²) < 4.78 is 10.4. The first-order valence-corrected chi connectivity index (χ1v) is 7.90. The minimum absolute atomic E-state index is 0.0286. The Morgan fingerprint density at radius 3 is 2.16 bits per heavy atom. The maximum atomic E-state index is 12.0. The number of hydrogen-bond acceptors (Lipinski definition) is 5. The summed E-state index contributed by atoms with van der Waals surface area (Å²) >= 11 is 0. The predicted octanol–water partition coefficient (Wildman–Crippen LogP) is 3.35. The number of hydrogen-bond donors (Lipinski definition) is 2. The SMILES string of the molecule is COc1ccc(NC(=O)CCNc2ccc(C(C)=O)cc2)cc1OC. The molecule has 0 heterocycles. The number of carbonyl (C=O) groups is 2. The van der Waals surface area contributed by atoms with E-state index < -0.39 is 0 Å². The molecule has 132 valence electrons. The molecule has 0 bridgehead atoms. The molecule has 0 radical (unpaired) electrons. The van der Waals surface area contributed by atoms with E-state index in [4.69, 9.17) is 9.47 Å². The minimum atomic E-state index is -0.111. The number of Topliss-reactive ketones (excluding diaryl/α,β-unsaturated/α-hetero) is 1. The van der Waals surface area contributed by atoms with Gasteiger partial charge in [-0.1, -0.05) is 0 Å². The van der Waals surface area contributed by atoms with Crippen molar-refractivity contribution in [2.75, 3.05) is 31.4 Å². The third-order valence-electron chi connectivity index (χ3n) is 3.64. The van der Waals surface area contributed by atoms with E-state index >= 15 is 0 Å². The molecule has 2 aromatic carbocycles. The Morgan fingerprint density at radius 1 is 0.920 bits per heavy atom. The molecular weight excluding hydrogens is 320 g/mol. The molecule has 1 amide bonds. The lowest BCUT2D eigenvalue weighted by molar-refractivity contribution is -0.115. The van der Waals surface area contributed by atoms with Crippen molar-refractivity contribution in [2.24, 2.45) is 0 Å². The Bertz CT molecular complexity index is 742. The standard InChI is InChI=1S/C19H22N2O4/c1-13(22)14-4-6-15(7-5-14)20-11-10-19(23)21-16-8-9-17(24-2)18(12-16)25-3/h4-9,12,20H,10-11H2,1-3H3,(H,21,23). The molecule has 0 aromatic heterocycles. The van der Waals surface area contributed by atoms with E-state index in [1.54, 1.807) is 44.6 Å². The molecule has 0 aliphatic heterocycles. The van der Waals surface area contributed by atoms with Crippen molar-refractivity contribution < 1.29 is 19.1 Å². The fraction of sp³-hybridized carbons (Fsp3) is 0.263. The highest BCUT2D eigenvalue weighted by Crippen LogP contribution is 2.29. The predicted molar refractivity (Wildman–Crippen MR) is 97.7 cm³/mol. The summed E-state index contributed by atoms with van der Waals surface area (Å²) in [5.41, 5.74) is 2.18. The molecular formula is C19H22N2O4. The van der Waals surface area contributed by atoms with Crippen LogP contribution in [0.3, 0.4) is 0 Å². The normalized spacial score (nSPS) is 10.0. The zero-order chi connectivity index (χ0) is 18.2. The number of carbonyl (C=O) groups excluding carboxylic acids is 2. The van der Waals surface area contributed by atoms with Gasteiger partial charge in [0, 0.05) is 36.0 Å². The van der Waals surface area contributed by atoms with E-state index in [1.807, 2.05) is 12.1 Å². The number of ether oxygens (including phenoxy) is 2. The molecule has 0 spiro atoms. The van der Waals surface area contributed by atoms with Crippen molar-refractivity contribution >= 4 is 23.1 Å². The highest BCUT2D eigenvalue weighted by atomic mass is 16.5. The number of methoxy groups -OCH3 is 2. The van der Waals surface area contributed by atoms with E-state index in [2.05, 4.69) is 10.6 Å². The number of ketones is 1. The maximum Gasteiger partial charge on any atom is 0.226 e. The van der Waals surface area contributed by atoms with Crippen LogP contribution < -0.4 is 20.1 Å². The third-order valence-corrected chi connectivity index (χ3v) is 3.64. The summed E-state index contributed by atoms with van der Waals surface area (Å²) in [5, 5.41) is 5.97. The first-order chi connectivity index (χ1) is 12.0. The fourth-order valence-corrected chi connectivity index (χ4v) is 2.28. The first-order valence-electron chi connectivity index (χ1n) is 7.90. The van der Waals surface area contributed by atoms with E-state index in [0.717, 1.165) is 5.69 Å². The fourth-order valence-electron chi connectivity index (χ4n) is 2.28. The summed E-state index contributed by atoms with van der Waals surface area (Å²) in [6, 6.07) is 12.4. The highest BCUT2D eigenvalue weighted by Gasteiger charge is 2.07. The molecule has 25 heavy (non-hydrogen) atoms. The Balaban J connectivity index is 1.83. The van der Waals surface area contributed by atoms with Gasteiger partial charge in [-0.25, -0.2) is 0 Å². The van der Waals surface area contributed by atoms with Crippen LogP contribution in [0.15, 0.2) is 42.5 Å². The Kier molecular flexibility index (Phi) is 6.39. The number of rotatable bonds is 8. The van der Waals surface area contributed by atoms with Crippen molar-refractivity contribution in [3.05, 3.63) is 48.0 Å². The monoisotopic (exact) mass is 342 g/mol. The lowest BCUT2D eigenvalue weighted by atomic mass is 10.1. The van der Waals surface area contributed by atoms with Crippen molar-refractivity contribution in [3.8, 4) is 11.5 Å². The van der Waals surface area contributed by atoms with Crippen LogP contribution in [0.4, 0.5) is 11.4 Å². The van der Waals surface area contributed by atoms with Crippen molar-refractivity contribution in [1.29, 1.82) is 0 Å². The van der Waals surface area contributed by atoms with Crippen molar-refractivity contribution in [1.82, 2.24) is 0 Å². The highest BCUT2D eigenvalue weighted by molar-refractivity contribution is 5.94. The molecule has 2 rings (SSSR count). The molecule has 0 saturated carbocycles. The van der Waals surface area contributed by atoms with Gasteiger partial charge in [0.2, 0.25) is 5.91 Å². The number of anilines is 2. The maximum absolute atomic E-state index is 12.0. The quantitative estimate of drug-likeness (QED) is 0.720. The van der Waals surface area contributed by atoms with Gasteiger partial charge >= 0.3 is 0 Å². The van der Waals surface area contributed by atoms with Crippen LogP contribution in [-0.4, -0.2) is 32.5 Å². The molecule has 2 aromatic rings. The van der Waals surface area contributed by atoms with Gasteiger partial charge in [-0.2, -0.15) is 0 Å². The van der Waals surface area contributed by atoms with Gasteiger partial charge in [-0.3, -0.25) is 9.59 Å². The van der Waals surface area contributed by atoms with Gasteiger partial charge in [0.1, 0.15) is 0 Å². The summed E-state index contributed by atoms with van der Waals surface area (Å²) in [7, 11) is 3.11. The summed E-state index contributed by atoms with van der Waals surface area (Å²) in [6.45, 7) is 2.01. The average Bonchev–Trinajstić information content (AvgIpc) is 2.62. The lowest BCUT2D eigenvalue weighted by Crippen LogP contribution is -2.16. The van der Waals surface area contributed by atoms with Crippen LogP contribution in [0.25, 0.3) is 0 Å². The number of nitrogens with one attached hydrogen (secondary N) is 2. The van der Waals surface area contributed by atoms with E-state index in [0.29, 0.717) is 35.7 Å². The Hall–Kier alpha value is -3.02. The summed E-state index contributed by atoms with van der Waals surface area (Å²) in [5.74, 6) is 1.08. The first kappa shape index (κ1) is 18.3. The van der Waals surface area contributed by atoms with Gasteiger partial charge in [-0.05, 0) is 43.3 Å². The van der Waals surface area contributed by atoms with Gasteiger partial charge in [0.25, 0.3) is 0 Å². The second kappa shape index (κ2) is 8.73. The molecule has 0 aliphatic carbocycles. The molecule has 0 unspecified atom stereocenters. The van der Waals surface area contributed by atoms with Gasteiger partial charge in [0.05, 0.1) is 14.2 Å². The number of amides is 1. The smallest absolute Gasteiger partial charge is 0.226 e. The third kappa shape index (κ3) is 5.24. The van der Waals surface area contributed by atoms with E-state index in [9.17, 15) is 9.59 Å². The molecule has 0 saturated heterocycles.